The average molecular weight is 307 g/mol. The molecule has 6 heteroatoms. The van der Waals surface area contributed by atoms with Gasteiger partial charge in [-0.3, -0.25) is 5.43 Å². The van der Waals surface area contributed by atoms with Crippen molar-refractivity contribution >= 4 is 17.5 Å². The van der Waals surface area contributed by atoms with Gasteiger partial charge in [0.15, 0.2) is 0 Å². The number of hydrogen-bond donors (Lipinski definition) is 2. The van der Waals surface area contributed by atoms with Gasteiger partial charge in [0, 0.05) is 0 Å². The summed E-state index contributed by atoms with van der Waals surface area (Å²) >= 11 is 6.01. The van der Waals surface area contributed by atoms with Crippen molar-refractivity contribution in [2.45, 2.75) is 32.6 Å². The van der Waals surface area contributed by atoms with Crippen LogP contribution in [0.15, 0.2) is 30.5 Å². The molecular formula is C15H19ClN4O. The monoisotopic (exact) mass is 306 g/mol. The summed E-state index contributed by atoms with van der Waals surface area (Å²) in [6.07, 6.45) is 2.50. The Morgan fingerprint density at radius 3 is 2.52 bits per heavy atom. The lowest BCUT2D eigenvalue weighted by molar-refractivity contribution is 0.460. The summed E-state index contributed by atoms with van der Waals surface area (Å²) in [7, 11) is 0. The number of rotatable bonds is 5. The second-order valence-electron chi connectivity index (χ2n) is 5.35. The molecule has 3 N–H and O–H groups in total. The average Bonchev–Trinajstić information content (AvgIpc) is 2.50. The summed E-state index contributed by atoms with van der Waals surface area (Å²) < 4.78 is 5.67. The van der Waals surface area contributed by atoms with Crippen molar-refractivity contribution in [1.82, 2.24) is 9.97 Å². The van der Waals surface area contributed by atoms with Gasteiger partial charge in [-0.1, -0.05) is 44.5 Å². The molecule has 21 heavy (non-hydrogen) atoms. The normalized spacial score (nSPS) is 11.3. The van der Waals surface area contributed by atoms with Crippen molar-refractivity contribution in [2.24, 2.45) is 5.84 Å². The van der Waals surface area contributed by atoms with Crippen LogP contribution in [-0.2, 0) is 5.41 Å². The van der Waals surface area contributed by atoms with Gasteiger partial charge in [0.25, 0.3) is 0 Å². The highest BCUT2D eigenvalue weighted by molar-refractivity contribution is 6.31. The summed E-state index contributed by atoms with van der Waals surface area (Å²) in [4.78, 5) is 7.97. The van der Waals surface area contributed by atoms with Gasteiger partial charge < -0.3 is 4.74 Å². The first-order valence-corrected chi connectivity index (χ1v) is 7.11. The molecule has 5 nitrogen and oxygen atoms in total. The van der Waals surface area contributed by atoms with Crippen molar-refractivity contribution in [2.75, 3.05) is 5.43 Å². The topological polar surface area (TPSA) is 73.1 Å². The highest BCUT2D eigenvalue weighted by Crippen LogP contribution is 2.31. The van der Waals surface area contributed by atoms with E-state index in [0.29, 0.717) is 10.8 Å². The van der Waals surface area contributed by atoms with Crippen LogP contribution >= 0.6 is 11.6 Å². The van der Waals surface area contributed by atoms with Crippen LogP contribution in [0.4, 0.5) is 5.95 Å². The van der Waals surface area contributed by atoms with Gasteiger partial charge in [-0.05, 0) is 29.5 Å². The van der Waals surface area contributed by atoms with E-state index >= 15 is 0 Å². The molecule has 0 radical (unpaired) electrons. The highest BCUT2D eigenvalue weighted by atomic mass is 35.5. The summed E-state index contributed by atoms with van der Waals surface area (Å²) in [5.41, 5.74) is 3.76. The molecule has 1 aromatic carbocycles. The molecule has 0 fully saturated rings. The molecular weight excluding hydrogens is 288 g/mol. The molecule has 1 heterocycles. The number of benzene rings is 1. The van der Waals surface area contributed by atoms with E-state index in [-0.39, 0.29) is 17.2 Å². The van der Waals surface area contributed by atoms with Gasteiger partial charge in [-0.2, -0.15) is 4.98 Å². The molecule has 2 aromatic rings. The summed E-state index contributed by atoms with van der Waals surface area (Å²) in [6.45, 7) is 6.60. The van der Waals surface area contributed by atoms with E-state index < -0.39 is 0 Å². The minimum absolute atomic E-state index is 0.141. The van der Waals surface area contributed by atoms with E-state index in [9.17, 15) is 0 Å². The van der Waals surface area contributed by atoms with E-state index in [2.05, 4.69) is 48.3 Å². The van der Waals surface area contributed by atoms with Gasteiger partial charge in [0.05, 0.1) is 6.20 Å². The van der Waals surface area contributed by atoms with Crippen LogP contribution in [0.1, 0.15) is 32.8 Å². The number of halogens is 1. The van der Waals surface area contributed by atoms with Crippen LogP contribution in [0.3, 0.4) is 0 Å². The maximum atomic E-state index is 6.01. The molecule has 0 bridgehead atoms. The van der Waals surface area contributed by atoms with Crippen molar-refractivity contribution < 1.29 is 4.74 Å². The minimum atomic E-state index is 0.141. The summed E-state index contributed by atoms with van der Waals surface area (Å²) in [5, 5.41) is 0.326. The number of nitrogens with two attached hydrogens (primary N) is 1. The standard InChI is InChI=1S/C15H19ClN4O/c1-4-15(2,3)10-5-7-11(8-6-10)21-13-12(16)9-18-14(19-13)20-17/h5-9H,4,17H2,1-3H3,(H,18,19,20). The zero-order valence-electron chi connectivity index (χ0n) is 12.4. The second-order valence-corrected chi connectivity index (χ2v) is 5.76. The number of nitrogens with zero attached hydrogens (tertiary/aromatic N) is 2. The zero-order valence-corrected chi connectivity index (χ0v) is 13.1. The van der Waals surface area contributed by atoms with Gasteiger partial charge in [-0.25, -0.2) is 10.8 Å². The van der Waals surface area contributed by atoms with Crippen LogP contribution in [-0.4, -0.2) is 9.97 Å². The number of nitrogen functional groups attached to an aromatic ring is 1. The van der Waals surface area contributed by atoms with Crippen LogP contribution in [0.2, 0.25) is 5.02 Å². The Morgan fingerprint density at radius 2 is 1.95 bits per heavy atom. The van der Waals surface area contributed by atoms with E-state index in [4.69, 9.17) is 22.2 Å². The molecule has 2 rings (SSSR count). The molecule has 0 aliphatic heterocycles. The minimum Gasteiger partial charge on any atom is -0.437 e. The maximum Gasteiger partial charge on any atom is 0.243 e. The first-order valence-electron chi connectivity index (χ1n) is 6.74. The highest BCUT2D eigenvalue weighted by Gasteiger charge is 2.17. The zero-order chi connectivity index (χ0) is 15.5. The first kappa shape index (κ1) is 15.5. The quantitative estimate of drug-likeness (QED) is 0.647. The molecule has 0 saturated heterocycles. The number of ether oxygens (including phenoxy) is 1. The fraction of sp³-hybridized carbons (Fsp3) is 0.333. The fourth-order valence-electron chi connectivity index (χ4n) is 1.78. The lowest BCUT2D eigenvalue weighted by atomic mass is 9.82. The van der Waals surface area contributed by atoms with E-state index in [1.165, 1.54) is 11.8 Å². The lowest BCUT2D eigenvalue weighted by Gasteiger charge is -2.23. The van der Waals surface area contributed by atoms with Crippen LogP contribution < -0.4 is 16.0 Å². The molecule has 0 unspecified atom stereocenters. The largest absolute Gasteiger partial charge is 0.437 e. The number of anilines is 1. The van der Waals surface area contributed by atoms with Crippen LogP contribution in [0, 0.1) is 0 Å². The number of aromatic nitrogens is 2. The predicted octanol–water partition coefficient (Wildman–Crippen LogP) is 3.90. The Balaban J connectivity index is 2.21. The second kappa shape index (κ2) is 6.28. The third-order valence-corrected chi connectivity index (χ3v) is 3.83. The summed E-state index contributed by atoms with van der Waals surface area (Å²) in [6, 6.07) is 7.91. The van der Waals surface area contributed by atoms with E-state index in [1.807, 2.05) is 12.1 Å². The Labute approximate surface area is 129 Å². The number of hydrogen-bond acceptors (Lipinski definition) is 5. The SMILES string of the molecule is CCC(C)(C)c1ccc(Oc2nc(NN)ncc2Cl)cc1. The molecule has 0 aliphatic rings. The summed E-state index contributed by atoms with van der Waals surface area (Å²) in [5.74, 6) is 6.45. The van der Waals surface area contributed by atoms with Gasteiger partial charge in [0.2, 0.25) is 11.8 Å². The number of hydrazine groups is 1. The van der Waals surface area contributed by atoms with Crippen LogP contribution in [0.25, 0.3) is 0 Å². The first-order chi connectivity index (χ1) is 9.96. The Bertz CT molecular complexity index is 614. The third-order valence-electron chi connectivity index (χ3n) is 3.58. The van der Waals surface area contributed by atoms with Crippen molar-refractivity contribution in [3.8, 4) is 11.6 Å². The molecule has 1 aromatic heterocycles. The van der Waals surface area contributed by atoms with Crippen molar-refractivity contribution in [3.63, 3.8) is 0 Å². The molecule has 0 atom stereocenters. The molecule has 0 amide bonds. The molecule has 0 saturated carbocycles. The molecule has 0 spiro atoms. The Hall–Kier alpha value is -1.85. The third kappa shape index (κ3) is 3.62. The number of nitrogens with one attached hydrogen (secondary N) is 1. The smallest absolute Gasteiger partial charge is 0.243 e. The maximum absolute atomic E-state index is 6.01. The predicted molar refractivity (Wildman–Crippen MR) is 84.7 cm³/mol. The van der Waals surface area contributed by atoms with Gasteiger partial charge in [0.1, 0.15) is 10.8 Å². The molecule has 112 valence electrons. The van der Waals surface area contributed by atoms with Crippen molar-refractivity contribution in [1.29, 1.82) is 0 Å². The van der Waals surface area contributed by atoms with E-state index in [0.717, 1.165) is 6.42 Å². The van der Waals surface area contributed by atoms with Crippen LogP contribution in [0.5, 0.6) is 11.6 Å². The Kier molecular flexibility index (Phi) is 4.65. The van der Waals surface area contributed by atoms with Crippen molar-refractivity contribution in [3.05, 3.63) is 41.0 Å². The molecule has 0 aliphatic carbocycles. The Morgan fingerprint density at radius 1 is 1.29 bits per heavy atom. The van der Waals surface area contributed by atoms with Gasteiger partial charge in [-0.15, -0.1) is 0 Å². The van der Waals surface area contributed by atoms with E-state index in [1.54, 1.807) is 0 Å². The lowest BCUT2D eigenvalue weighted by Crippen LogP contribution is -2.14. The van der Waals surface area contributed by atoms with Gasteiger partial charge >= 0.3 is 0 Å². The fourth-order valence-corrected chi connectivity index (χ4v) is 1.91.